The Kier molecular flexibility index (Phi) is 7.28. The zero-order chi connectivity index (χ0) is 26.0. The minimum Gasteiger partial charge on any atom is -0.461 e. The van der Waals surface area contributed by atoms with Crippen molar-refractivity contribution in [3.63, 3.8) is 0 Å². The number of benzene rings is 2. The second-order valence-corrected chi connectivity index (χ2v) is 10.4. The zero-order valence-electron chi connectivity index (χ0n) is 20.0. The first-order chi connectivity index (χ1) is 17.1. The molecule has 2 aromatic carbocycles. The molecule has 0 radical (unpaired) electrons. The molecule has 2 aliphatic heterocycles. The number of amides is 2. The number of carbonyl (C=O) groups excluding carboxylic acids is 5. The van der Waals surface area contributed by atoms with Crippen molar-refractivity contribution in [2.24, 2.45) is 5.41 Å². The van der Waals surface area contributed by atoms with Crippen molar-refractivity contribution >= 4 is 41.5 Å². The van der Waals surface area contributed by atoms with E-state index in [9.17, 15) is 24.0 Å². The molecule has 2 amide bonds. The van der Waals surface area contributed by atoms with Gasteiger partial charge in [0.15, 0.2) is 23.2 Å². The molecule has 10 heteroatoms. The van der Waals surface area contributed by atoms with E-state index in [2.05, 4.69) is 0 Å². The molecule has 0 aromatic heterocycles. The maximum Gasteiger partial charge on any atom is 0.329 e. The lowest BCUT2D eigenvalue weighted by Crippen LogP contribution is -2.55. The fraction of sp³-hybridized carbons (Fsp3) is 0.346. The number of carbonyl (C=O) groups is 5. The van der Waals surface area contributed by atoms with Gasteiger partial charge in [-0.2, -0.15) is 0 Å². The Labute approximate surface area is 212 Å². The van der Waals surface area contributed by atoms with Crippen LogP contribution >= 0.6 is 11.9 Å². The molecule has 0 spiro atoms. The van der Waals surface area contributed by atoms with Gasteiger partial charge >= 0.3 is 11.9 Å². The SMILES string of the molecule is CC(C)(C)C(=O)OC[C@H]1OC(=O)[C@H](SN2C(=O)c3ccccc3C2=O)C(=O)[C@H]1OCc1ccccc1. The normalized spacial score (nSPS) is 21.9. The number of nitrogens with zero attached hydrogens (tertiary/aromatic N) is 1. The summed E-state index contributed by atoms with van der Waals surface area (Å²) in [6, 6.07) is 15.3. The van der Waals surface area contributed by atoms with Crippen molar-refractivity contribution in [3.8, 4) is 0 Å². The second kappa shape index (κ2) is 10.2. The topological polar surface area (TPSA) is 116 Å². The summed E-state index contributed by atoms with van der Waals surface area (Å²) in [5.74, 6) is -3.40. The highest BCUT2D eigenvalue weighted by Gasteiger charge is 2.50. The summed E-state index contributed by atoms with van der Waals surface area (Å²) in [5.41, 5.74) is 0.357. The minimum absolute atomic E-state index is 0.0307. The van der Waals surface area contributed by atoms with Crippen LogP contribution in [0.4, 0.5) is 0 Å². The summed E-state index contributed by atoms with van der Waals surface area (Å²) in [4.78, 5) is 64.1. The van der Waals surface area contributed by atoms with Crippen LogP contribution in [-0.4, -0.2) is 57.9 Å². The van der Waals surface area contributed by atoms with Gasteiger partial charge in [-0.3, -0.25) is 24.0 Å². The Morgan fingerprint density at radius 2 is 1.53 bits per heavy atom. The van der Waals surface area contributed by atoms with Gasteiger partial charge < -0.3 is 14.2 Å². The van der Waals surface area contributed by atoms with Crippen molar-refractivity contribution in [1.82, 2.24) is 4.31 Å². The van der Waals surface area contributed by atoms with E-state index in [1.54, 1.807) is 45.0 Å². The van der Waals surface area contributed by atoms with Gasteiger partial charge in [0.1, 0.15) is 6.61 Å². The summed E-state index contributed by atoms with van der Waals surface area (Å²) in [5, 5.41) is -1.51. The number of hydrogen-bond donors (Lipinski definition) is 0. The maximum absolute atomic E-state index is 13.4. The molecular weight excluding hydrogens is 486 g/mol. The van der Waals surface area contributed by atoms with Crippen LogP contribution in [0.15, 0.2) is 54.6 Å². The minimum atomic E-state index is -1.51. The molecule has 0 unspecified atom stereocenters. The van der Waals surface area contributed by atoms with E-state index in [1.807, 2.05) is 18.2 Å². The molecule has 2 heterocycles. The monoisotopic (exact) mass is 511 g/mol. The molecule has 3 atom stereocenters. The van der Waals surface area contributed by atoms with Crippen LogP contribution in [0.2, 0.25) is 0 Å². The molecule has 2 aromatic rings. The Balaban J connectivity index is 1.53. The summed E-state index contributed by atoms with van der Waals surface area (Å²) >= 11 is 0.496. The largest absolute Gasteiger partial charge is 0.461 e. The summed E-state index contributed by atoms with van der Waals surface area (Å²) in [6.45, 7) is 4.67. The third-order valence-electron chi connectivity index (χ3n) is 5.59. The quantitative estimate of drug-likeness (QED) is 0.239. The van der Waals surface area contributed by atoms with E-state index in [-0.39, 0.29) is 24.3 Å². The summed E-state index contributed by atoms with van der Waals surface area (Å²) < 4.78 is 17.4. The fourth-order valence-corrected chi connectivity index (χ4v) is 4.61. The lowest BCUT2D eigenvalue weighted by Gasteiger charge is -2.34. The third kappa shape index (κ3) is 5.19. The Bertz CT molecular complexity index is 1170. The van der Waals surface area contributed by atoms with Gasteiger partial charge in [0.2, 0.25) is 0 Å². The van der Waals surface area contributed by atoms with E-state index in [0.29, 0.717) is 11.9 Å². The van der Waals surface area contributed by atoms with Gasteiger partial charge in [-0.25, -0.2) is 4.31 Å². The standard InChI is InChI=1S/C26H25NO8S/c1-26(2,3)25(32)34-14-18-20(33-13-15-9-5-4-6-10-15)19(28)21(24(31)35-18)36-27-22(29)16-11-7-8-12-17(16)23(27)30/h4-12,18,20-21H,13-14H2,1-3H3/t18-,20+,21-/m1/s1. The predicted molar refractivity (Wildman–Crippen MR) is 129 cm³/mol. The number of ether oxygens (including phenoxy) is 3. The number of rotatable bonds is 7. The summed E-state index contributed by atoms with van der Waals surface area (Å²) in [7, 11) is 0. The molecule has 0 N–H and O–H groups in total. The number of imide groups is 1. The van der Waals surface area contributed by atoms with Gasteiger partial charge in [-0.15, -0.1) is 0 Å². The van der Waals surface area contributed by atoms with Crippen LogP contribution in [0.3, 0.4) is 0 Å². The van der Waals surface area contributed by atoms with E-state index in [1.165, 1.54) is 12.1 Å². The average Bonchev–Trinajstić information content (AvgIpc) is 3.09. The molecule has 1 saturated heterocycles. The smallest absolute Gasteiger partial charge is 0.329 e. The number of cyclic esters (lactones) is 1. The molecular formula is C26H25NO8S. The van der Waals surface area contributed by atoms with Crippen LogP contribution in [0, 0.1) is 5.41 Å². The highest BCUT2D eigenvalue weighted by atomic mass is 32.2. The van der Waals surface area contributed by atoms with E-state index in [0.717, 1.165) is 9.87 Å². The number of hydrogen-bond acceptors (Lipinski definition) is 9. The first-order valence-corrected chi connectivity index (χ1v) is 12.1. The molecule has 0 aliphatic carbocycles. The second-order valence-electron chi connectivity index (χ2n) is 9.38. The molecule has 0 bridgehead atoms. The van der Waals surface area contributed by atoms with Gasteiger partial charge in [-0.1, -0.05) is 42.5 Å². The predicted octanol–water partition coefficient (Wildman–Crippen LogP) is 2.97. The Hall–Kier alpha value is -3.50. The third-order valence-corrected chi connectivity index (χ3v) is 6.77. The van der Waals surface area contributed by atoms with Crippen LogP contribution in [0.1, 0.15) is 47.1 Å². The Morgan fingerprint density at radius 3 is 2.11 bits per heavy atom. The lowest BCUT2D eigenvalue weighted by molar-refractivity contribution is -0.184. The van der Waals surface area contributed by atoms with Crippen molar-refractivity contribution in [2.45, 2.75) is 44.8 Å². The van der Waals surface area contributed by atoms with E-state index < -0.39 is 52.4 Å². The molecule has 2 aliphatic rings. The van der Waals surface area contributed by atoms with Crippen molar-refractivity contribution in [1.29, 1.82) is 0 Å². The lowest BCUT2D eigenvalue weighted by atomic mass is 9.97. The van der Waals surface area contributed by atoms with Crippen molar-refractivity contribution < 1.29 is 38.2 Å². The molecule has 4 rings (SSSR count). The number of fused-ring (bicyclic) bond motifs is 1. The van der Waals surface area contributed by atoms with Crippen LogP contribution in [0.5, 0.6) is 0 Å². The van der Waals surface area contributed by atoms with Crippen molar-refractivity contribution in [3.05, 3.63) is 71.3 Å². The van der Waals surface area contributed by atoms with E-state index in [4.69, 9.17) is 14.2 Å². The van der Waals surface area contributed by atoms with Crippen LogP contribution in [0.25, 0.3) is 0 Å². The maximum atomic E-state index is 13.4. The summed E-state index contributed by atoms with van der Waals surface area (Å²) in [6.07, 6.45) is -2.46. The first-order valence-electron chi connectivity index (χ1n) is 11.3. The molecule has 0 saturated carbocycles. The first kappa shape index (κ1) is 25.6. The highest BCUT2D eigenvalue weighted by molar-refractivity contribution is 8.00. The molecule has 188 valence electrons. The number of Topliss-reactive ketones (excluding diaryl/α,β-unsaturated/α-hetero) is 1. The number of esters is 2. The van der Waals surface area contributed by atoms with Crippen LogP contribution in [-0.2, 0) is 35.2 Å². The fourth-order valence-electron chi connectivity index (χ4n) is 3.63. The highest BCUT2D eigenvalue weighted by Crippen LogP contribution is 2.34. The molecule has 1 fully saturated rings. The van der Waals surface area contributed by atoms with Gasteiger partial charge in [0.05, 0.1) is 23.1 Å². The van der Waals surface area contributed by atoms with Gasteiger partial charge in [0, 0.05) is 0 Å². The van der Waals surface area contributed by atoms with Gasteiger partial charge in [0.25, 0.3) is 11.8 Å². The molecule has 9 nitrogen and oxygen atoms in total. The zero-order valence-corrected chi connectivity index (χ0v) is 20.8. The Morgan fingerprint density at radius 1 is 0.944 bits per heavy atom. The van der Waals surface area contributed by atoms with Crippen molar-refractivity contribution in [2.75, 3.05) is 6.61 Å². The van der Waals surface area contributed by atoms with E-state index >= 15 is 0 Å². The molecule has 36 heavy (non-hydrogen) atoms. The van der Waals surface area contributed by atoms with Crippen LogP contribution < -0.4 is 0 Å². The average molecular weight is 512 g/mol. The van der Waals surface area contributed by atoms with Gasteiger partial charge in [-0.05, 0) is 50.4 Å². The number of ketones is 1.